The van der Waals surface area contributed by atoms with Gasteiger partial charge in [-0.05, 0) is 0 Å². The van der Waals surface area contributed by atoms with E-state index in [1.165, 1.54) is 32.7 Å². The lowest BCUT2D eigenvalue weighted by Crippen LogP contribution is -2.13. The first-order valence-electron chi connectivity index (χ1n) is 6.38. The van der Waals surface area contributed by atoms with Crippen LogP contribution in [-0.4, -0.2) is 32.2 Å². The van der Waals surface area contributed by atoms with E-state index in [1.54, 1.807) is 17.5 Å². The molecule has 7 nitrogen and oxygen atoms in total. The first kappa shape index (κ1) is 19.0. The van der Waals surface area contributed by atoms with E-state index in [9.17, 15) is 4.79 Å². The summed E-state index contributed by atoms with van der Waals surface area (Å²) in [6, 6.07) is 3.30. The molecule has 1 amide bonds. The molecule has 2 rings (SSSR count). The summed E-state index contributed by atoms with van der Waals surface area (Å²) in [7, 11) is 4.54. The number of hydrogen-bond donors (Lipinski definition) is 2. The van der Waals surface area contributed by atoms with Gasteiger partial charge >= 0.3 is 0 Å². The minimum atomic E-state index is -0.328. The van der Waals surface area contributed by atoms with Gasteiger partial charge in [-0.2, -0.15) is 0 Å². The molecule has 0 aliphatic carbocycles. The summed E-state index contributed by atoms with van der Waals surface area (Å²) in [6.07, 6.45) is 0. The predicted molar refractivity (Wildman–Crippen MR) is 91.3 cm³/mol. The number of amides is 1. The first-order valence-corrected chi connectivity index (χ1v) is 7.26. The predicted octanol–water partition coefficient (Wildman–Crippen LogP) is 2.30. The second kappa shape index (κ2) is 8.56. The number of aromatic nitrogens is 1. The van der Waals surface area contributed by atoms with Crippen LogP contribution in [0, 0.1) is 0 Å². The summed E-state index contributed by atoms with van der Waals surface area (Å²) in [5.41, 5.74) is 6.33. The minimum Gasteiger partial charge on any atom is -0.493 e. The fourth-order valence-corrected chi connectivity index (χ4v) is 2.51. The highest BCUT2D eigenvalue weighted by atomic mass is 35.5. The Balaban J connectivity index is 0.00000264. The van der Waals surface area contributed by atoms with Gasteiger partial charge in [-0.15, -0.1) is 23.7 Å². The molecule has 0 saturated heterocycles. The van der Waals surface area contributed by atoms with Crippen LogP contribution in [0.15, 0.2) is 17.5 Å². The maximum absolute atomic E-state index is 12.2. The maximum Gasteiger partial charge on any atom is 0.275 e. The molecule has 0 fully saturated rings. The van der Waals surface area contributed by atoms with Crippen LogP contribution in [0.4, 0.5) is 5.69 Å². The molecular formula is C14H18ClN3O4S. The number of thiazole rings is 1. The van der Waals surface area contributed by atoms with Crippen LogP contribution in [0.25, 0.3) is 0 Å². The Labute approximate surface area is 144 Å². The standard InChI is InChI=1S/C14H17N3O4S.ClH/c1-19-10-4-8(5-11(20-2)13(10)21-3)16-14(18)9-7-22-12(6-15)17-9;/h4-5,7H,6,15H2,1-3H3,(H,16,18);1H. The molecule has 0 bridgehead atoms. The van der Waals surface area contributed by atoms with Crippen LogP contribution in [-0.2, 0) is 6.54 Å². The number of benzene rings is 1. The molecular weight excluding hydrogens is 342 g/mol. The molecule has 1 aromatic carbocycles. The molecule has 23 heavy (non-hydrogen) atoms. The van der Waals surface area contributed by atoms with Gasteiger partial charge in [0.15, 0.2) is 11.5 Å². The lowest BCUT2D eigenvalue weighted by atomic mass is 10.2. The summed E-state index contributed by atoms with van der Waals surface area (Å²) >= 11 is 1.34. The Hall–Kier alpha value is -2.03. The van der Waals surface area contributed by atoms with Crippen LogP contribution in [0.5, 0.6) is 17.2 Å². The fraction of sp³-hybridized carbons (Fsp3) is 0.286. The number of anilines is 1. The van der Waals surface area contributed by atoms with Crippen molar-refractivity contribution < 1.29 is 19.0 Å². The minimum absolute atomic E-state index is 0. The molecule has 0 radical (unpaired) electrons. The lowest BCUT2D eigenvalue weighted by Gasteiger charge is -2.14. The number of carbonyl (C=O) groups is 1. The highest BCUT2D eigenvalue weighted by Crippen LogP contribution is 2.40. The lowest BCUT2D eigenvalue weighted by molar-refractivity contribution is 0.102. The zero-order valence-corrected chi connectivity index (χ0v) is 14.5. The first-order chi connectivity index (χ1) is 10.6. The van der Waals surface area contributed by atoms with Gasteiger partial charge in [0.1, 0.15) is 10.7 Å². The van der Waals surface area contributed by atoms with Crippen molar-refractivity contribution in [2.24, 2.45) is 5.73 Å². The van der Waals surface area contributed by atoms with Crippen molar-refractivity contribution in [2.75, 3.05) is 26.6 Å². The molecule has 126 valence electrons. The van der Waals surface area contributed by atoms with Crippen molar-refractivity contribution in [2.45, 2.75) is 6.54 Å². The van der Waals surface area contributed by atoms with Gasteiger partial charge in [-0.3, -0.25) is 4.79 Å². The molecule has 1 aromatic heterocycles. The molecule has 2 aromatic rings. The molecule has 0 aliphatic rings. The van der Waals surface area contributed by atoms with E-state index in [-0.39, 0.29) is 18.3 Å². The summed E-state index contributed by atoms with van der Waals surface area (Å²) in [6.45, 7) is 0.308. The highest BCUT2D eigenvalue weighted by Gasteiger charge is 2.16. The van der Waals surface area contributed by atoms with E-state index in [0.29, 0.717) is 40.2 Å². The molecule has 0 saturated carbocycles. The van der Waals surface area contributed by atoms with Gasteiger partial charge < -0.3 is 25.3 Å². The monoisotopic (exact) mass is 359 g/mol. The van der Waals surface area contributed by atoms with Gasteiger partial charge in [0.2, 0.25) is 5.75 Å². The number of nitrogens with two attached hydrogens (primary N) is 1. The normalized spacial score (nSPS) is 9.74. The molecule has 0 unspecified atom stereocenters. The number of rotatable bonds is 6. The quantitative estimate of drug-likeness (QED) is 0.821. The Kier molecular flexibility index (Phi) is 7.08. The van der Waals surface area contributed by atoms with E-state index in [1.807, 2.05) is 0 Å². The number of nitrogens with zero attached hydrogens (tertiary/aromatic N) is 1. The third kappa shape index (κ3) is 4.25. The molecule has 0 aliphatic heterocycles. The van der Waals surface area contributed by atoms with E-state index in [0.717, 1.165) is 0 Å². The Bertz CT molecular complexity index is 653. The van der Waals surface area contributed by atoms with Crippen LogP contribution in [0.2, 0.25) is 0 Å². The zero-order chi connectivity index (χ0) is 16.1. The molecule has 1 heterocycles. The summed E-state index contributed by atoms with van der Waals surface area (Å²) in [5.74, 6) is 1.04. The van der Waals surface area contributed by atoms with Crippen molar-refractivity contribution in [3.63, 3.8) is 0 Å². The fourth-order valence-electron chi connectivity index (χ4n) is 1.86. The summed E-state index contributed by atoms with van der Waals surface area (Å²) in [4.78, 5) is 16.3. The summed E-state index contributed by atoms with van der Waals surface area (Å²) in [5, 5.41) is 5.11. The average molecular weight is 360 g/mol. The number of halogens is 1. The highest BCUT2D eigenvalue weighted by molar-refractivity contribution is 7.09. The van der Waals surface area contributed by atoms with Crippen LogP contribution >= 0.6 is 23.7 Å². The van der Waals surface area contributed by atoms with Gasteiger partial charge in [0.25, 0.3) is 5.91 Å². The van der Waals surface area contributed by atoms with Crippen molar-refractivity contribution in [1.29, 1.82) is 0 Å². The number of hydrogen-bond acceptors (Lipinski definition) is 7. The SMILES string of the molecule is COc1cc(NC(=O)c2csc(CN)n2)cc(OC)c1OC.Cl. The number of methoxy groups -OCH3 is 3. The number of ether oxygens (including phenoxy) is 3. The smallest absolute Gasteiger partial charge is 0.275 e. The van der Waals surface area contributed by atoms with Crippen LogP contribution in [0.3, 0.4) is 0 Å². The average Bonchev–Trinajstić information content (AvgIpc) is 3.03. The van der Waals surface area contributed by atoms with Gasteiger partial charge in [-0.1, -0.05) is 0 Å². The Morgan fingerprint density at radius 3 is 2.26 bits per heavy atom. The second-order valence-corrected chi connectivity index (χ2v) is 5.14. The number of carbonyl (C=O) groups excluding carboxylic acids is 1. The van der Waals surface area contributed by atoms with Crippen LogP contribution < -0.4 is 25.3 Å². The van der Waals surface area contributed by atoms with Gasteiger partial charge in [0.05, 0.1) is 21.3 Å². The second-order valence-electron chi connectivity index (χ2n) is 4.20. The maximum atomic E-state index is 12.2. The van der Waals surface area contributed by atoms with Gasteiger partial charge in [0, 0.05) is 29.7 Å². The van der Waals surface area contributed by atoms with Crippen molar-refractivity contribution >= 4 is 35.3 Å². The third-order valence-electron chi connectivity index (χ3n) is 2.88. The van der Waals surface area contributed by atoms with Crippen molar-refractivity contribution in [1.82, 2.24) is 4.98 Å². The van der Waals surface area contributed by atoms with Gasteiger partial charge in [-0.25, -0.2) is 4.98 Å². The third-order valence-corrected chi connectivity index (χ3v) is 3.75. The van der Waals surface area contributed by atoms with E-state index in [2.05, 4.69) is 10.3 Å². The number of nitrogens with one attached hydrogen (secondary N) is 1. The topological polar surface area (TPSA) is 95.7 Å². The van der Waals surface area contributed by atoms with Crippen molar-refractivity contribution in [3.8, 4) is 17.2 Å². The molecule has 3 N–H and O–H groups in total. The Morgan fingerprint density at radius 1 is 1.22 bits per heavy atom. The summed E-state index contributed by atoms with van der Waals surface area (Å²) < 4.78 is 15.7. The van der Waals surface area contributed by atoms with E-state index in [4.69, 9.17) is 19.9 Å². The largest absolute Gasteiger partial charge is 0.493 e. The van der Waals surface area contributed by atoms with E-state index >= 15 is 0 Å². The zero-order valence-electron chi connectivity index (χ0n) is 12.9. The molecule has 9 heteroatoms. The Morgan fingerprint density at radius 2 is 1.83 bits per heavy atom. The molecule has 0 atom stereocenters. The van der Waals surface area contributed by atoms with Crippen molar-refractivity contribution in [3.05, 3.63) is 28.2 Å². The molecule has 0 spiro atoms. The van der Waals surface area contributed by atoms with Crippen LogP contribution in [0.1, 0.15) is 15.5 Å². The van der Waals surface area contributed by atoms with E-state index < -0.39 is 0 Å².